The van der Waals surface area contributed by atoms with Crippen LogP contribution in [0, 0.1) is 6.92 Å². The minimum atomic E-state index is -5.17. The summed E-state index contributed by atoms with van der Waals surface area (Å²) >= 11 is 0. The van der Waals surface area contributed by atoms with E-state index in [0.29, 0.717) is 5.76 Å². The van der Waals surface area contributed by atoms with Crippen LogP contribution in [0.1, 0.15) is 19.2 Å². The molecule has 0 aliphatic heterocycles. The van der Waals surface area contributed by atoms with Gasteiger partial charge in [-0.3, -0.25) is 8.42 Å². The number of hydrogen-bond donors (Lipinski definition) is 1. The van der Waals surface area contributed by atoms with Crippen LogP contribution in [0.25, 0.3) is 6.08 Å². The van der Waals surface area contributed by atoms with Gasteiger partial charge in [0.15, 0.2) is 5.76 Å². The molecule has 0 fully saturated rings. The van der Waals surface area contributed by atoms with Crippen LogP contribution in [-0.4, -0.2) is 47.2 Å². The maximum atomic E-state index is 12.1. The second-order valence-electron chi connectivity index (χ2n) is 5.99. The third-order valence-corrected chi connectivity index (χ3v) is 4.15. The Kier molecular flexibility index (Phi) is 7.84. The van der Waals surface area contributed by atoms with Crippen molar-refractivity contribution in [1.82, 2.24) is 4.57 Å². The summed E-state index contributed by atoms with van der Waals surface area (Å²) in [5, 5.41) is 10.4. The van der Waals surface area contributed by atoms with Crippen molar-refractivity contribution < 1.29 is 38.1 Å². The van der Waals surface area contributed by atoms with Crippen LogP contribution in [0.15, 0.2) is 40.4 Å². The summed E-state index contributed by atoms with van der Waals surface area (Å²) in [5.74, 6) is -1.10. The zero-order valence-corrected chi connectivity index (χ0v) is 17.0. The standard InChI is InChI=1S/C17H23N2O4.H2O4S/c1-12-10-14(19(3)16(20)18(12)2)8-6-13-7-9-15(22-4)17(21,11-13)23-5;1-5(2,3)4/h6-10,21H,11H2,1-5H3;(H2,1,2,3,4)/q+1;/p-1/b8-6+;. The van der Waals surface area contributed by atoms with Crippen LogP contribution in [0.3, 0.4) is 0 Å². The molecule has 1 heterocycles. The lowest BCUT2D eigenvalue weighted by atomic mass is 9.97. The van der Waals surface area contributed by atoms with Gasteiger partial charge in [-0.1, -0.05) is 12.2 Å². The van der Waals surface area contributed by atoms with Crippen LogP contribution < -0.4 is 10.3 Å². The van der Waals surface area contributed by atoms with Gasteiger partial charge in [-0.25, -0.2) is 0 Å². The van der Waals surface area contributed by atoms with E-state index < -0.39 is 16.2 Å². The van der Waals surface area contributed by atoms with Gasteiger partial charge in [-0.15, -0.1) is 0 Å². The summed E-state index contributed by atoms with van der Waals surface area (Å²) in [7, 11) is 1.23. The van der Waals surface area contributed by atoms with E-state index in [9.17, 15) is 9.90 Å². The Morgan fingerprint density at radius 1 is 1.32 bits per heavy atom. The van der Waals surface area contributed by atoms with Crippen molar-refractivity contribution in [2.75, 3.05) is 14.2 Å². The molecule has 11 heteroatoms. The number of aromatic nitrogens is 2. The molecule has 1 aromatic rings. The quantitative estimate of drug-likeness (QED) is 0.299. The van der Waals surface area contributed by atoms with Gasteiger partial charge in [0.25, 0.3) is 0 Å². The maximum absolute atomic E-state index is 12.1. The number of aliphatic hydroxyl groups is 1. The smallest absolute Gasteiger partial charge is 0.759 e. The van der Waals surface area contributed by atoms with Crippen LogP contribution in [0.2, 0.25) is 0 Å². The third-order valence-electron chi connectivity index (χ3n) is 4.15. The van der Waals surface area contributed by atoms with Gasteiger partial charge >= 0.3 is 7.12 Å². The zero-order valence-electron chi connectivity index (χ0n) is 17.2. The van der Waals surface area contributed by atoms with Crippen molar-refractivity contribution in [2.24, 2.45) is 14.1 Å². The van der Waals surface area contributed by atoms with Crippen molar-refractivity contribution >= 4 is 16.5 Å². The number of aryl methyl sites for hydroxylation is 1. The molecule has 1 unspecified atom stereocenters. The number of rotatable bonds is 4. The maximum Gasteiger partial charge on any atom is 1.00 e. The van der Waals surface area contributed by atoms with Gasteiger partial charge in [0.05, 0.1) is 21.2 Å². The summed E-state index contributed by atoms with van der Waals surface area (Å²) < 4.78 is 47.6. The first-order chi connectivity index (χ1) is 12.8. The number of hydrogen-bond acceptors (Lipinski definition) is 8. The Balaban J connectivity index is 0.00000117. The molecular formula is C17H24N2O8S. The summed E-state index contributed by atoms with van der Waals surface area (Å²) in [6, 6.07) is 1.93. The fourth-order valence-electron chi connectivity index (χ4n) is 2.50. The molecule has 0 radical (unpaired) electrons. The summed E-state index contributed by atoms with van der Waals surface area (Å²) in [6.45, 7) is 1.88. The molecule has 0 spiro atoms. The topological polar surface area (TPSA) is 145 Å². The number of methoxy groups -OCH3 is 2. The highest BCUT2D eigenvalue weighted by atomic mass is 32.3. The molecule has 0 amide bonds. The highest BCUT2D eigenvalue weighted by Crippen LogP contribution is 2.31. The number of nitrogens with zero attached hydrogens (tertiary/aromatic N) is 2. The Morgan fingerprint density at radius 2 is 1.89 bits per heavy atom. The lowest BCUT2D eigenvalue weighted by Gasteiger charge is -2.30. The monoisotopic (exact) mass is 416 g/mol. The molecule has 0 bridgehead atoms. The predicted octanol–water partition coefficient (Wildman–Crippen LogP) is -0.499. The highest BCUT2D eigenvalue weighted by molar-refractivity contribution is 7.79. The number of allylic oxidation sites excluding steroid dienone is 3. The molecule has 10 nitrogen and oxygen atoms in total. The molecule has 1 aliphatic carbocycles. The summed E-state index contributed by atoms with van der Waals surface area (Å²) in [6.07, 6.45) is 7.52. The first-order valence-electron chi connectivity index (χ1n) is 7.96. The van der Waals surface area contributed by atoms with E-state index in [4.69, 9.17) is 27.0 Å². The molecule has 156 valence electrons. The minimum Gasteiger partial charge on any atom is -0.759 e. The summed E-state index contributed by atoms with van der Waals surface area (Å²) in [5.41, 5.74) is 2.44. The van der Waals surface area contributed by atoms with Crippen LogP contribution in [0.5, 0.6) is 0 Å². The van der Waals surface area contributed by atoms with Gasteiger partial charge in [-0.05, 0) is 24.6 Å². The zero-order chi connectivity index (χ0) is 21.7. The van der Waals surface area contributed by atoms with E-state index in [-0.39, 0.29) is 13.5 Å². The van der Waals surface area contributed by atoms with Crippen LogP contribution >= 0.6 is 0 Å². The molecule has 0 aromatic carbocycles. The fraction of sp³-hybridized carbons (Fsp3) is 0.412. The van der Waals surface area contributed by atoms with Crippen molar-refractivity contribution in [3.63, 3.8) is 0 Å². The fourth-order valence-corrected chi connectivity index (χ4v) is 2.50. The van der Waals surface area contributed by atoms with Crippen molar-refractivity contribution in [2.45, 2.75) is 19.1 Å². The molecule has 28 heavy (non-hydrogen) atoms. The van der Waals surface area contributed by atoms with Crippen molar-refractivity contribution in [1.29, 1.82) is 0 Å². The Morgan fingerprint density at radius 3 is 2.39 bits per heavy atom. The van der Waals surface area contributed by atoms with Crippen molar-refractivity contribution in [3.8, 4) is 0 Å². The molecule has 1 aromatic heterocycles. The second kappa shape index (κ2) is 9.26. The molecular weight excluding hydrogens is 392 g/mol. The van der Waals surface area contributed by atoms with Crippen molar-refractivity contribution in [3.05, 3.63) is 57.5 Å². The lowest BCUT2D eigenvalue weighted by Crippen LogP contribution is -2.53. The van der Waals surface area contributed by atoms with Crippen LogP contribution in [0.4, 0.5) is 0 Å². The van der Waals surface area contributed by atoms with Gasteiger partial charge < -0.3 is 23.7 Å². The molecule has 0 saturated heterocycles. The SMILES string of the molecule is COC1=CC=C(/C=C/c2cc(C)n(C)c(=O)[n+]2C)CC1(O)OC.O=S(=O)([O-])[O-].[H+]. The second-order valence-corrected chi connectivity index (χ2v) is 6.81. The normalized spacial score (nSPS) is 19.6. The molecule has 1 aliphatic rings. The average molecular weight is 416 g/mol. The van der Waals surface area contributed by atoms with Gasteiger partial charge in [0.2, 0.25) is 5.79 Å². The Hall–Kier alpha value is -2.31. The molecule has 2 rings (SSSR count). The first-order valence-corrected chi connectivity index (χ1v) is 9.30. The minimum absolute atomic E-state index is 0. The third kappa shape index (κ3) is 6.39. The van der Waals surface area contributed by atoms with Gasteiger partial charge in [0.1, 0.15) is 11.4 Å². The van der Waals surface area contributed by atoms with E-state index in [2.05, 4.69) is 0 Å². The van der Waals surface area contributed by atoms with E-state index in [1.807, 2.05) is 31.2 Å². The Labute approximate surface area is 164 Å². The van der Waals surface area contributed by atoms with Crippen LogP contribution in [-0.2, 0) is 34.0 Å². The van der Waals surface area contributed by atoms with Gasteiger partial charge in [-0.2, -0.15) is 13.9 Å². The lowest BCUT2D eigenvalue weighted by molar-refractivity contribution is -0.692. The van der Waals surface area contributed by atoms with E-state index in [1.165, 1.54) is 14.2 Å². The highest BCUT2D eigenvalue weighted by Gasteiger charge is 2.35. The van der Waals surface area contributed by atoms with E-state index in [0.717, 1.165) is 17.0 Å². The number of ether oxygens (including phenoxy) is 2. The molecule has 1 N–H and O–H groups in total. The average Bonchev–Trinajstić information content (AvgIpc) is 2.60. The molecule has 0 saturated carbocycles. The van der Waals surface area contributed by atoms with E-state index in [1.54, 1.807) is 29.3 Å². The summed E-state index contributed by atoms with van der Waals surface area (Å²) in [4.78, 5) is 12.1. The van der Waals surface area contributed by atoms with E-state index >= 15 is 0 Å². The van der Waals surface area contributed by atoms with Gasteiger partial charge in [0, 0.05) is 30.0 Å². The first kappa shape index (κ1) is 23.7. The molecule has 1 atom stereocenters. The predicted molar refractivity (Wildman–Crippen MR) is 98.0 cm³/mol. The largest absolute Gasteiger partial charge is 1.00 e. The Bertz CT molecular complexity index is 974.